The zero-order valence-electron chi connectivity index (χ0n) is 25.0. The Hall–Kier alpha value is -5.25. The van der Waals surface area contributed by atoms with Crippen LogP contribution in [0, 0.1) is 29.0 Å². The van der Waals surface area contributed by atoms with E-state index < -0.39 is 21.4 Å². The van der Waals surface area contributed by atoms with Crippen LogP contribution in [0.15, 0.2) is 114 Å². The number of ketones is 1. The van der Waals surface area contributed by atoms with E-state index in [1.54, 1.807) is 54.0 Å². The van der Waals surface area contributed by atoms with Crippen molar-refractivity contribution in [2.45, 2.75) is 29.3 Å². The Morgan fingerprint density at radius 3 is 2.00 bits per heavy atom. The van der Waals surface area contributed by atoms with Crippen LogP contribution in [-0.4, -0.2) is 64.0 Å². The van der Waals surface area contributed by atoms with Crippen molar-refractivity contribution in [1.82, 2.24) is 24.5 Å². The van der Waals surface area contributed by atoms with Gasteiger partial charge in [-0.25, -0.2) is 12.8 Å². The summed E-state index contributed by atoms with van der Waals surface area (Å²) < 4.78 is 41.6. The Labute approximate surface area is 271 Å². The highest BCUT2D eigenvalue weighted by molar-refractivity contribution is 7.89. The van der Waals surface area contributed by atoms with Crippen molar-refractivity contribution >= 4 is 21.7 Å². The number of pyridine rings is 2. The number of halogens is 1. The zero-order valence-corrected chi connectivity index (χ0v) is 25.8. The molecule has 0 radical (unpaired) electrons. The van der Waals surface area contributed by atoms with Gasteiger partial charge in [0.2, 0.25) is 10.0 Å². The van der Waals surface area contributed by atoms with Crippen LogP contribution in [0.1, 0.15) is 27.0 Å². The Kier molecular flexibility index (Phi) is 7.66. The molecule has 2 aliphatic heterocycles. The third-order valence-electron chi connectivity index (χ3n) is 9.20. The van der Waals surface area contributed by atoms with Gasteiger partial charge in [-0.15, -0.1) is 0 Å². The molecule has 4 aromatic rings. The van der Waals surface area contributed by atoms with Crippen LogP contribution < -0.4 is 5.32 Å². The summed E-state index contributed by atoms with van der Waals surface area (Å²) in [5, 5.41) is 12.7. The lowest BCUT2D eigenvalue weighted by molar-refractivity contribution is -0.132. The number of hydrogen-bond donors (Lipinski definition) is 1. The summed E-state index contributed by atoms with van der Waals surface area (Å²) in [6.45, 7) is 0.384. The summed E-state index contributed by atoms with van der Waals surface area (Å²) in [5.74, 6) is -1.03. The van der Waals surface area contributed by atoms with Crippen molar-refractivity contribution in [3.8, 4) is 6.07 Å². The Morgan fingerprint density at radius 1 is 0.915 bits per heavy atom. The van der Waals surface area contributed by atoms with Crippen LogP contribution in [0.5, 0.6) is 0 Å². The first-order valence-electron chi connectivity index (χ1n) is 15.1. The Balaban J connectivity index is 1.23. The van der Waals surface area contributed by atoms with Crippen LogP contribution >= 0.6 is 0 Å². The fourth-order valence-electron chi connectivity index (χ4n) is 6.81. The van der Waals surface area contributed by atoms with Gasteiger partial charge in [0.25, 0.3) is 5.91 Å². The highest BCUT2D eigenvalue weighted by Gasteiger charge is 2.65. The van der Waals surface area contributed by atoms with Crippen molar-refractivity contribution in [3.63, 3.8) is 0 Å². The van der Waals surface area contributed by atoms with Gasteiger partial charge in [0.05, 0.1) is 16.5 Å². The van der Waals surface area contributed by atoms with Gasteiger partial charge in [-0.3, -0.25) is 24.5 Å². The fraction of sp³-hybridized carbons (Fsp3) is 0.229. The SMILES string of the molecule is N#Cc1ccc(C(=O)/C=C2\NC(Cc3ccncc3)(Cc3ccncc3)C(=O)N2C2[C@H]3CN(S(=O)(=O)c4ccc(F)cc4)C[C@@H]23)cc1. The molecule has 1 saturated carbocycles. The predicted molar refractivity (Wildman–Crippen MR) is 168 cm³/mol. The van der Waals surface area contributed by atoms with E-state index in [4.69, 9.17) is 0 Å². The second-order valence-electron chi connectivity index (χ2n) is 12.1. The lowest BCUT2D eigenvalue weighted by Gasteiger charge is -2.28. The largest absolute Gasteiger partial charge is 0.357 e. The lowest BCUT2D eigenvalue weighted by Crippen LogP contribution is -2.51. The van der Waals surface area contributed by atoms with Gasteiger partial charge in [0.1, 0.15) is 17.2 Å². The van der Waals surface area contributed by atoms with E-state index in [1.807, 2.05) is 30.3 Å². The van der Waals surface area contributed by atoms with Gasteiger partial charge >= 0.3 is 0 Å². The van der Waals surface area contributed by atoms with Gasteiger partial charge in [-0.2, -0.15) is 9.57 Å². The second kappa shape index (κ2) is 11.8. The van der Waals surface area contributed by atoms with Gasteiger partial charge in [-0.1, -0.05) is 0 Å². The van der Waals surface area contributed by atoms with E-state index in [0.717, 1.165) is 23.3 Å². The third-order valence-corrected chi connectivity index (χ3v) is 11.0. The highest BCUT2D eigenvalue weighted by atomic mass is 32.2. The van der Waals surface area contributed by atoms with E-state index in [2.05, 4.69) is 15.3 Å². The summed E-state index contributed by atoms with van der Waals surface area (Å²) in [4.78, 5) is 38.2. The van der Waals surface area contributed by atoms with Crippen LogP contribution in [0.25, 0.3) is 0 Å². The van der Waals surface area contributed by atoms with E-state index in [-0.39, 0.29) is 47.6 Å². The fourth-order valence-corrected chi connectivity index (χ4v) is 8.32. The number of carbonyl (C=O) groups is 2. The Morgan fingerprint density at radius 2 is 1.47 bits per heavy atom. The number of aromatic nitrogens is 2. The minimum Gasteiger partial charge on any atom is -0.357 e. The maximum absolute atomic E-state index is 14.8. The number of fused-ring (bicyclic) bond motifs is 1. The van der Waals surface area contributed by atoms with Crippen molar-refractivity contribution < 1.29 is 22.4 Å². The maximum Gasteiger partial charge on any atom is 0.254 e. The maximum atomic E-state index is 14.8. The molecule has 3 atom stereocenters. The molecule has 2 aromatic heterocycles. The molecule has 10 nitrogen and oxygen atoms in total. The predicted octanol–water partition coefficient (Wildman–Crippen LogP) is 3.49. The van der Waals surface area contributed by atoms with Gasteiger partial charge in [0, 0.05) is 80.2 Å². The summed E-state index contributed by atoms with van der Waals surface area (Å²) in [7, 11) is -3.85. The number of piperidine rings is 1. The molecule has 47 heavy (non-hydrogen) atoms. The van der Waals surface area contributed by atoms with E-state index in [1.165, 1.54) is 22.5 Å². The topological polar surface area (TPSA) is 136 Å². The molecule has 2 saturated heterocycles. The number of nitriles is 1. The molecule has 2 aromatic carbocycles. The monoisotopic (exact) mass is 648 g/mol. The minimum atomic E-state index is -3.85. The molecule has 3 aliphatic rings. The summed E-state index contributed by atoms with van der Waals surface area (Å²) >= 11 is 0. The second-order valence-corrected chi connectivity index (χ2v) is 14.1. The van der Waals surface area contributed by atoms with E-state index in [9.17, 15) is 27.7 Å². The first kappa shape index (κ1) is 30.4. The van der Waals surface area contributed by atoms with Crippen molar-refractivity contribution in [2.75, 3.05) is 13.1 Å². The number of sulfonamides is 1. The summed E-state index contributed by atoms with van der Waals surface area (Å²) in [6.07, 6.45) is 8.70. The van der Waals surface area contributed by atoms with Gasteiger partial charge < -0.3 is 5.32 Å². The summed E-state index contributed by atoms with van der Waals surface area (Å²) in [5.41, 5.74) is 1.38. The normalized spacial score (nSPS) is 22.5. The highest BCUT2D eigenvalue weighted by Crippen LogP contribution is 2.53. The average molecular weight is 649 g/mol. The van der Waals surface area contributed by atoms with Crippen molar-refractivity contribution in [3.05, 3.63) is 138 Å². The summed E-state index contributed by atoms with van der Waals surface area (Å²) in [6, 6.07) is 20.1. The quantitative estimate of drug-likeness (QED) is 0.215. The molecule has 236 valence electrons. The smallest absolute Gasteiger partial charge is 0.254 e. The first-order chi connectivity index (χ1) is 22.7. The lowest BCUT2D eigenvalue weighted by atomic mass is 9.85. The van der Waals surface area contributed by atoms with Gasteiger partial charge in [0.15, 0.2) is 5.78 Å². The first-order valence-corrected chi connectivity index (χ1v) is 16.5. The van der Waals surface area contributed by atoms with E-state index in [0.29, 0.717) is 29.8 Å². The molecule has 7 rings (SSSR count). The zero-order chi connectivity index (χ0) is 32.8. The molecule has 0 bridgehead atoms. The number of rotatable bonds is 9. The van der Waals surface area contributed by atoms with Gasteiger partial charge in [-0.05, 0) is 83.9 Å². The molecular weight excluding hydrogens is 619 g/mol. The molecule has 1 amide bonds. The number of amides is 1. The molecule has 1 N–H and O–H groups in total. The standard InChI is InChI=1S/C35H29FN6O4S/c36-27-5-7-28(8-6-27)47(45,46)41-21-29-30(22-41)33(29)42-32(17-31(43)26-3-1-25(20-37)2-4-26)40-35(34(42)44,18-23-9-13-38-14-10-23)19-24-11-15-39-16-12-24/h1-17,29-30,33,40H,18-19,21-22H2/b32-17+/t29-,30+,33?. The van der Waals surface area contributed by atoms with Crippen LogP contribution in [0.2, 0.25) is 0 Å². The molecule has 12 heteroatoms. The Bertz CT molecular complexity index is 1960. The van der Waals surface area contributed by atoms with Crippen LogP contribution in [-0.2, 0) is 27.7 Å². The minimum absolute atomic E-state index is 0.0120. The number of hydrogen-bond acceptors (Lipinski definition) is 8. The number of carbonyl (C=O) groups excluding carboxylic acids is 2. The molecule has 0 spiro atoms. The van der Waals surface area contributed by atoms with Crippen LogP contribution in [0.4, 0.5) is 4.39 Å². The molecular formula is C35H29FN6O4S. The third kappa shape index (κ3) is 5.68. The average Bonchev–Trinajstić information content (AvgIpc) is 3.41. The van der Waals surface area contributed by atoms with E-state index >= 15 is 0 Å². The number of nitrogens with one attached hydrogen (secondary N) is 1. The number of benzene rings is 2. The molecule has 1 unspecified atom stereocenters. The number of allylic oxidation sites excluding steroid dienone is 1. The molecule has 1 aliphatic carbocycles. The molecule has 3 fully saturated rings. The number of nitrogens with zero attached hydrogens (tertiary/aromatic N) is 5. The molecule has 4 heterocycles. The van der Waals surface area contributed by atoms with Crippen molar-refractivity contribution in [2.24, 2.45) is 11.8 Å². The van der Waals surface area contributed by atoms with Crippen LogP contribution in [0.3, 0.4) is 0 Å². The van der Waals surface area contributed by atoms with Crippen molar-refractivity contribution in [1.29, 1.82) is 5.26 Å².